The maximum absolute atomic E-state index is 12.6. The number of carbonyl (C=O) groups is 2. The third-order valence-corrected chi connectivity index (χ3v) is 4.54. The molecule has 25 heavy (non-hydrogen) atoms. The number of carbonyl (C=O) groups excluding carboxylic acids is 2. The summed E-state index contributed by atoms with van der Waals surface area (Å²) in [7, 11) is 0. The second-order valence-electron chi connectivity index (χ2n) is 6.19. The van der Waals surface area contributed by atoms with Crippen molar-refractivity contribution in [3.8, 4) is 0 Å². The number of aromatic nitrogens is 3. The van der Waals surface area contributed by atoms with Crippen LogP contribution < -0.4 is 0 Å². The predicted molar refractivity (Wildman–Crippen MR) is 90.7 cm³/mol. The molecule has 0 spiro atoms. The van der Waals surface area contributed by atoms with Crippen LogP contribution in [0, 0.1) is 0 Å². The van der Waals surface area contributed by atoms with Gasteiger partial charge < -0.3 is 4.74 Å². The van der Waals surface area contributed by atoms with Gasteiger partial charge in [-0.1, -0.05) is 12.1 Å². The van der Waals surface area contributed by atoms with E-state index >= 15 is 0 Å². The van der Waals surface area contributed by atoms with E-state index < -0.39 is 12.1 Å². The fourth-order valence-electron chi connectivity index (χ4n) is 3.21. The number of benzene rings is 1. The second-order valence-corrected chi connectivity index (χ2v) is 6.19. The first kappa shape index (κ1) is 15.5. The molecule has 6 heteroatoms. The molecule has 1 aliphatic rings. The van der Waals surface area contributed by atoms with Crippen LogP contribution >= 0.6 is 0 Å². The van der Waals surface area contributed by atoms with Crippen molar-refractivity contribution in [3.05, 3.63) is 65.1 Å². The average molecular weight is 335 g/mol. The highest BCUT2D eigenvalue weighted by Gasteiger charge is 2.24. The normalized spacial score (nSPS) is 14.3. The van der Waals surface area contributed by atoms with Crippen molar-refractivity contribution < 1.29 is 14.3 Å². The summed E-state index contributed by atoms with van der Waals surface area (Å²) >= 11 is 0. The van der Waals surface area contributed by atoms with Crippen molar-refractivity contribution in [1.29, 1.82) is 0 Å². The number of hydrogen-bond acceptors (Lipinski definition) is 5. The number of Topliss-reactive ketones (excluding diaryl/α,β-unsaturated/α-hetero) is 1. The predicted octanol–water partition coefficient (Wildman–Crippen LogP) is 2.65. The lowest BCUT2D eigenvalue weighted by atomic mass is 10.0. The molecule has 1 unspecified atom stereocenters. The first-order valence-electron chi connectivity index (χ1n) is 8.29. The Hall–Kier alpha value is -3.02. The minimum atomic E-state index is -0.870. The van der Waals surface area contributed by atoms with Gasteiger partial charge >= 0.3 is 5.97 Å². The van der Waals surface area contributed by atoms with Gasteiger partial charge in [-0.2, -0.15) is 5.10 Å². The molecule has 0 aliphatic heterocycles. The largest absolute Gasteiger partial charge is 0.451 e. The number of rotatable bonds is 4. The van der Waals surface area contributed by atoms with Crippen LogP contribution in [-0.4, -0.2) is 32.5 Å². The molecule has 0 amide bonds. The maximum atomic E-state index is 12.6. The van der Waals surface area contributed by atoms with Crippen LogP contribution in [0.2, 0.25) is 0 Å². The quantitative estimate of drug-likeness (QED) is 0.541. The summed E-state index contributed by atoms with van der Waals surface area (Å²) in [5.74, 6) is -0.803. The van der Waals surface area contributed by atoms with Gasteiger partial charge in [0.05, 0.1) is 6.20 Å². The lowest BCUT2D eigenvalue weighted by molar-refractivity contribution is 0.0320. The average Bonchev–Trinajstić information content (AvgIpc) is 3.26. The zero-order chi connectivity index (χ0) is 17.4. The summed E-state index contributed by atoms with van der Waals surface area (Å²) in [6.45, 7) is 1.59. The van der Waals surface area contributed by atoms with Crippen LogP contribution in [0.1, 0.15) is 45.2 Å². The minimum absolute atomic E-state index is 0.201. The minimum Gasteiger partial charge on any atom is -0.451 e. The molecule has 1 aromatic carbocycles. The first-order chi connectivity index (χ1) is 12.1. The molecular formula is C19H17N3O3. The van der Waals surface area contributed by atoms with Crippen LogP contribution in [-0.2, 0) is 17.6 Å². The molecule has 6 nitrogen and oxygen atoms in total. The molecule has 0 bridgehead atoms. The van der Waals surface area contributed by atoms with Crippen LogP contribution in [0.15, 0.2) is 42.9 Å². The van der Waals surface area contributed by atoms with Gasteiger partial charge in [-0.15, -0.1) is 0 Å². The monoisotopic (exact) mass is 335 g/mol. The number of esters is 1. The third-order valence-electron chi connectivity index (χ3n) is 4.54. The standard InChI is InChI=1S/C19H17N3O3/c1-12(17(23)15-7-6-13-4-2-5-14(13)10-15)25-19(24)16-11-21-22-9-3-8-20-18(16)22/h3,6-12H,2,4-5H2,1H3. The van der Waals surface area contributed by atoms with Gasteiger partial charge in [0.25, 0.3) is 0 Å². The van der Waals surface area contributed by atoms with E-state index in [4.69, 9.17) is 4.74 Å². The van der Waals surface area contributed by atoms with E-state index in [1.807, 2.05) is 18.2 Å². The second kappa shape index (κ2) is 6.12. The zero-order valence-corrected chi connectivity index (χ0v) is 13.8. The smallest absolute Gasteiger partial charge is 0.344 e. The van der Waals surface area contributed by atoms with Gasteiger partial charge in [-0.25, -0.2) is 14.3 Å². The Labute approximate surface area is 144 Å². The lowest BCUT2D eigenvalue weighted by Gasteiger charge is -2.12. The van der Waals surface area contributed by atoms with Gasteiger partial charge in [0, 0.05) is 18.0 Å². The van der Waals surface area contributed by atoms with Crippen molar-refractivity contribution in [2.75, 3.05) is 0 Å². The molecule has 0 radical (unpaired) electrons. The highest BCUT2D eigenvalue weighted by molar-refractivity contribution is 6.02. The molecule has 0 saturated heterocycles. The van der Waals surface area contributed by atoms with Crippen molar-refractivity contribution in [2.24, 2.45) is 0 Å². The van der Waals surface area contributed by atoms with Gasteiger partial charge in [-0.3, -0.25) is 4.79 Å². The van der Waals surface area contributed by atoms with E-state index in [1.54, 1.807) is 25.4 Å². The SMILES string of the molecule is CC(OC(=O)c1cnn2cccnc12)C(=O)c1ccc2c(c1)CCC2. The Morgan fingerprint density at radius 2 is 2.08 bits per heavy atom. The molecule has 0 fully saturated rings. The Morgan fingerprint density at radius 3 is 2.96 bits per heavy atom. The van der Waals surface area contributed by atoms with Crippen LogP contribution in [0.4, 0.5) is 0 Å². The summed E-state index contributed by atoms with van der Waals surface area (Å²) in [5, 5.41) is 4.06. The van der Waals surface area contributed by atoms with Crippen LogP contribution in [0.3, 0.4) is 0 Å². The number of nitrogens with zero attached hydrogens (tertiary/aromatic N) is 3. The van der Waals surface area contributed by atoms with E-state index in [2.05, 4.69) is 10.1 Å². The fourth-order valence-corrected chi connectivity index (χ4v) is 3.21. The molecule has 126 valence electrons. The number of aryl methyl sites for hydroxylation is 2. The lowest BCUT2D eigenvalue weighted by Crippen LogP contribution is -2.24. The number of fused-ring (bicyclic) bond motifs is 2. The molecule has 0 N–H and O–H groups in total. The van der Waals surface area contributed by atoms with Crippen molar-refractivity contribution in [2.45, 2.75) is 32.3 Å². The van der Waals surface area contributed by atoms with Crippen molar-refractivity contribution in [3.63, 3.8) is 0 Å². The molecule has 2 aromatic heterocycles. The van der Waals surface area contributed by atoms with E-state index in [-0.39, 0.29) is 11.3 Å². The Morgan fingerprint density at radius 1 is 1.24 bits per heavy atom. The molecule has 1 aliphatic carbocycles. The van der Waals surface area contributed by atoms with Crippen LogP contribution in [0.25, 0.3) is 5.65 Å². The Bertz CT molecular complexity index is 977. The Kier molecular flexibility index (Phi) is 3.80. The summed E-state index contributed by atoms with van der Waals surface area (Å²) in [4.78, 5) is 29.1. The number of hydrogen-bond donors (Lipinski definition) is 0. The summed E-state index contributed by atoms with van der Waals surface area (Å²) in [6, 6.07) is 7.45. The topological polar surface area (TPSA) is 73.6 Å². The zero-order valence-electron chi connectivity index (χ0n) is 13.8. The molecule has 0 saturated carbocycles. The summed E-state index contributed by atoms with van der Waals surface area (Å²) in [5.41, 5.74) is 3.76. The highest BCUT2D eigenvalue weighted by Crippen LogP contribution is 2.23. The molecule has 2 heterocycles. The maximum Gasteiger partial charge on any atom is 0.344 e. The first-order valence-corrected chi connectivity index (χ1v) is 8.29. The summed E-state index contributed by atoms with van der Waals surface area (Å²) < 4.78 is 6.85. The van der Waals surface area contributed by atoms with E-state index in [0.29, 0.717) is 11.2 Å². The Balaban J connectivity index is 1.52. The van der Waals surface area contributed by atoms with Gasteiger partial charge in [0.1, 0.15) is 5.56 Å². The van der Waals surface area contributed by atoms with E-state index in [0.717, 1.165) is 19.3 Å². The molecule has 4 rings (SSSR count). The summed E-state index contributed by atoms with van der Waals surface area (Å²) in [6.07, 6.45) is 6.99. The fraction of sp³-hybridized carbons (Fsp3) is 0.263. The number of ether oxygens (including phenoxy) is 1. The number of ketones is 1. The van der Waals surface area contributed by atoms with Gasteiger partial charge in [0.2, 0.25) is 5.78 Å². The van der Waals surface area contributed by atoms with Crippen molar-refractivity contribution in [1.82, 2.24) is 14.6 Å². The van der Waals surface area contributed by atoms with Gasteiger partial charge in [0.15, 0.2) is 11.8 Å². The third kappa shape index (κ3) is 2.80. The molecular weight excluding hydrogens is 318 g/mol. The molecule has 3 aromatic rings. The highest BCUT2D eigenvalue weighted by atomic mass is 16.5. The van der Waals surface area contributed by atoms with Crippen LogP contribution in [0.5, 0.6) is 0 Å². The van der Waals surface area contributed by atoms with Crippen molar-refractivity contribution >= 4 is 17.4 Å². The van der Waals surface area contributed by atoms with E-state index in [9.17, 15) is 9.59 Å². The van der Waals surface area contributed by atoms with Gasteiger partial charge in [-0.05, 0) is 49.4 Å². The molecule has 1 atom stereocenters. The van der Waals surface area contributed by atoms with E-state index in [1.165, 1.54) is 21.8 Å².